The van der Waals surface area contributed by atoms with Crippen molar-refractivity contribution in [2.24, 2.45) is 11.8 Å². The summed E-state index contributed by atoms with van der Waals surface area (Å²) in [7, 11) is 4.64. The van der Waals surface area contributed by atoms with Crippen LogP contribution in [0.5, 0.6) is 5.75 Å². The molecular weight excluding hydrogens is 964 g/mol. The lowest BCUT2D eigenvalue weighted by molar-refractivity contribution is -0.274. The molecule has 0 bridgehead atoms. The molecule has 1 N–H and O–H groups in total. The van der Waals surface area contributed by atoms with E-state index in [1.807, 2.05) is 0 Å². The smallest absolute Gasteiger partial charge is 0.480 e. The topological polar surface area (TPSA) is 216 Å². The van der Waals surface area contributed by atoms with E-state index in [1.165, 1.54) is 14.0 Å². The van der Waals surface area contributed by atoms with Gasteiger partial charge in [-0.1, -0.05) is 39.8 Å². The third-order valence-corrected chi connectivity index (χ3v) is 10.8. The molecule has 0 aliphatic heterocycles. The Balaban J connectivity index is 3.74. The minimum atomic E-state index is -5.05. The van der Waals surface area contributed by atoms with Crippen molar-refractivity contribution in [1.82, 2.24) is 19.6 Å². The molecule has 0 fully saturated rings. The molecule has 0 unspecified atom stereocenters. The minimum Gasteiger partial charge on any atom is -0.480 e. The van der Waals surface area contributed by atoms with E-state index in [0.717, 1.165) is 94.7 Å². The van der Waals surface area contributed by atoms with Crippen LogP contribution in [-0.2, 0) is 58.9 Å². The van der Waals surface area contributed by atoms with Crippen LogP contribution in [0.4, 0.5) is 26.7 Å². The van der Waals surface area contributed by atoms with Gasteiger partial charge in [0.05, 0.1) is 0 Å². The number of hydrogen-bond donors (Lipinski definition) is 1. The van der Waals surface area contributed by atoms with Gasteiger partial charge in [-0.15, -0.1) is 13.2 Å². The minimum absolute atomic E-state index is 0.0932. The highest BCUT2D eigenvalue weighted by Gasteiger charge is 2.43. The maximum Gasteiger partial charge on any atom is 0.573 e. The van der Waals surface area contributed by atoms with Crippen LogP contribution in [0.2, 0.25) is 0 Å². The summed E-state index contributed by atoms with van der Waals surface area (Å²) in [6, 6.07) is -2.13. The number of amides is 4. The zero-order valence-corrected chi connectivity index (χ0v) is 44.5. The van der Waals surface area contributed by atoms with E-state index in [-0.39, 0.29) is 30.2 Å². The van der Waals surface area contributed by atoms with Crippen molar-refractivity contribution in [3.05, 3.63) is 29.8 Å². The first-order chi connectivity index (χ1) is 32.5. The molecule has 0 aliphatic rings. The molecule has 0 spiro atoms. The molecule has 0 heterocycles. The Bertz CT molecular complexity index is 2030. The molecule has 1 aromatic carbocycles. The molecule has 0 saturated heterocycles. The summed E-state index contributed by atoms with van der Waals surface area (Å²) in [5.74, 6) is -9.35. The average molecular weight is 1040 g/mol. The number of carbonyl (C=O) groups excluding carboxylic acids is 7. The van der Waals surface area contributed by atoms with Gasteiger partial charge in [-0.3, -0.25) is 19.3 Å². The lowest BCUT2D eigenvalue weighted by Crippen LogP contribution is -2.54. The molecule has 0 aliphatic carbocycles. The SMILES string of the molecule is CC(C)C[C@H](C(=O)O[C@H](C)C(=O)N(C)[C@@H](CC(C)(C)F)C(=O)O)N(C)C(=O)[C@@H](Cc1ccc(OC(F)(F)F)cc1)OC(=O)[C@H](CC(C)(C)F)N(C)C(=O)[C@@H](C)OC(=O)[C@H](CC(C)C)N(C)C(=O)OC(C)(C)C. The first-order valence-corrected chi connectivity index (χ1v) is 23.4. The largest absolute Gasteiger partial charge is 0.573 e. The fourth-order valence-electron chi connectivity index (χ4n) is 7.17. The standard InChI is InChI=1S/C49H75F5N4O14/c1-27(2)22-33(42(64)68-29(5)38(59)56(15)35(41(62)63)25-47(10,11)50)55(14)40(61)37(24-31-18-20-32(21-19-31)71-49(52,53)54)70-44(66)36(26-48(12,13)51)57(16)39(60)30(6)69-43(65)34(23-28(3)4)58(17)45(67)72-46(7,8)9/h18-21,27-30,33-37H,22-26H2,1-17H3,(H,62,63)/t29-,30-,33-,34+,35+,36+,37-/m1/s1. The summed E-state index contributed by atoms with van der Waals surface area (Å²) < 4.78 is 95.2. The van der Waals surface area contributed by atoms with Crippen molar-refractivity contribution in [2.45, 2.75) is 188 Å². The molecule has 0 aromatic heterocycles. The van der Waals surface area contributed by atoms with Gasteiger partial charge in [0.1, 0.15) is 46.9 Å². The van der Waals surface area contributed by atoms with Gasteiger partial charge in [-0.25, -0.2) is 32.8 Å². The molecule has 1 rings (SSSR count). The molecule has 0 radical (unpaired) electrons. The number of alkyl halides is 5. The maximum atomic E-state index is 15.6. The van der Waals surface area contributed by atoms with Gasteiger partial charge in [-0.05, 0) is 105 Å². The molecule has 0 saturated carbocycles. The van der Waals surface area contributed by atoms with Crippen molar-refractivity contribution in [1.29, 1.82) is 0 Å². The number of halogens is 5. The third-order valence-electron chi connectivity index (χ3n) is 10.8. The highest BCUT2D eigenvalue weighted by molar-refractivity contribution is 5.93. The molecule has 72 heavy (non-hydrogen) atoms. The maximum absolute atomic E-state index is 15.6. The number of carboxylic acids is 1. The fraction of sp³-hybridized carbons (Fsp3) is 0.714. The molecule has 23 heteroatoms. The van der Waals surface area contributed by atoms with Gasteiger partial charge in [0.15, 0.2) is 18.3 Å². The van der Waals surface area contributed by atoms with Gasteiger partial charge >= 0.3 is 36.3 Å². The predicted molar refractivity (Wildman–Crippen MR) is 251 cm³/mol. The Morgan fingerprint density at radius 2 is 0.917 bits per heavy atom. The number of carbonyl (C=O) groups is 8. The quantitative estimate of drug-likeness (QED) is 0.0589. The molecule has 7 atom stereocenters. The number of benzene rings is 1. The van der Waals surface area contributed by atoms with Crippen molar-refractivity contribution in [3.63, 3.8) is 0 Å². The number of rotatable bonds is 25. The van der Waals surface area contributed by atoms with E-state index in [1.54, 1.807) is 48.5 Å². The van der Waals surface area contributed by atoms with Gasteiger partial charge in [-0.2, -0.15) is 0 Å². The summed E-state index contributed by atoms with van der Waals surface area (Å²) in [5.41, 5.74) is -5.04. The summed E-state index contributed by atoms with van der Waals surface area (Å²) in [5, 5.41) is 9.75. The Labute approximate surface area is 419 Å². The number of likely N-dealkylation sites (N-methyl/N-ethyl adjacent to an activating group) is 4. The first-order valence-electron chi connectivity index (χ1n) is 23.4. The fourth-order valence-corrected chi connectivity index (χ4v) is 7.17. The van der Waals surface area contributed by atoms with Gasteiger partial charge < -0.3 is 43.5 Å². The van der Waals surface area contributed by atoms with Crippen LogP contribution in [0.3, 0.4) is 0 Å². The van der Waals surface area contributed by atoms with Gasteiger partial charge in [0, 0.05) is 47.5 Å². The average Bonchev–Trinajstić information content (AvgIpc) is 3.22. The lowest BCUT2D eigenvalue weighted by Gasteiger charge is -2.35. The third kappa shape index (κ3) is 21.9. The molecule has 4 amide bonds. The second kappa shape index (κ2) is 26.3. The van der Waals surface area contributed by atoms with E-state index in [9.17, 15) is 61.0 Å². The van der Waals surface area contributed by atoms with E-state index in [0.29, 0.717) is 4.90 Å². The lowest BCUT2D eigenvalue weighted by atomic mass is 9.98. The van der Waals surface area contributed by atoms with Gasteiger partial charge in [0.25, 0.3) is 17.7 Å². The Hall–Kier alpha value is -5.77. The van der Waals surface area contributed by atoms with E-state index < -0.39 is 138 Å². The van der Waals surface area contributed by atoms with Crippen molar-refractivity contribution in [2.75, 3.05) is 28.2 Å². The Morgan fingerprint density at radius 3 is 1.29 bits per heavy atom. The second-order valence-corrected chi connectivity index (χ2v) is 20.9. The van der Waals surface area contributed by atoms with Crippen LogP contribution in [0, 0.1) is 11.8 Å². The van der Waals surface area contributed by atoms with Crippen molar-refractivity contribution in [3.8, 4) is 5.75 Å². The number of hydrogen-bond acceptors (Lipinski definition) is 13. The molecular formula is C49H75F5N4O14. The summed E-state index contributed by atoms with van der Waals surface area (Å²) >= 11 is 0. The number of ether oxygens (including phenoxy) is 5. The highest BCUT2D eigenvalue weighted by Crippen LogP contribution is 2.27. The van der Waals surface area contributed by atoms with E-state index >= 15 is 4.39 Å². The molecule has 18 nitrogen and oxygen atoms in total. The van der Waals surface area contributed by atoms with Crippen LogP contribution >= 0.6 is 0 Å². The van der Waals surface area contributed by atoms with E-state index in [4.69, 9.17) is 18.9 Å². The normalized spacial score (nSPS) is 15.2. The van der Waals surface area contributed by atoms with Crippen LogP contribution in [0.15, 0.2) is 24.3 Å². The number of nitrogens with zero attached hydrogens (tertiary/aromatic N) is 4. The summed E-state index contributed by atoms with van der Waals surface area (Å²) in [6.45, 7) is 18.6. The predicted octanol–water partition coefficient (Wildman–Crippen LogP) is 7.07. The number of esters is 3. The van der Waals surface area contributed by atoms with Gasteiger partial charge in [0.2, 0.25) is 0 Å². The summed E-state index contributed by atoms with van der Waals surface area (Å²) in [4.78, 5) is 112. The van der Waals surface area contributed by atoms with Crippen molar-refractivity contribution >= 4 is 47.7 Å². The summed E-state index contributed by atoms with van der Waals surface area (Å²) in [6.07, 6.45) is -13.1. The number of aliphatic carboxylic acids is 1. The van der Waals surface area contributed by atoms with E-state index in [2.05, 4.69) is 4.74 Å². The van der Waals surface area contributed by atoms with Crippen LogP contribution in [0.1, 0.15) is 121 Å². The Morgan fingerprint density at radius 1 is 0.542 bits per heavy atom. The van der Waals surface area contributed by atoms with Crippen molar-refractivity contribution < 1.29 is 89.1 Å². The zero-order chi connectivity index (χ0) is 56.2. The van der Waals surface area contributed by atoms with Crippen LogP contribution < -0.4 is 4.74 Å². The first kappa shape index (κ1) is 64.2. The second-order valence-electron chi connectivity index (χ2n) is 20.9. The number of carboxylic acid groups (broad SMARTS) is 1. The van der Waals surface area contributed by atoms with Crippen LogP contribution in [0.25, 0.3) is 0 Å². The molecule has 1 aromatic rings. The van der Waals surface area contributed by atoms with Crippen LogP contribution in [-0.4, -0.2) is 166 Å². The Kier molecular flexibility index (Phi) is 23.4. The highest BCUT2D eigenvalue weighted by atomic mass is 19.4. The zero-order valence-electron chi connectivity index (χ0n) is 44.5. The molecule has 410 valence electrons. The monoisotopic (exact) mass is 1040 g/mol.